The van der Waals surface area contributed by atoms with Crippen LogP contribution in [-0.4, -0.2) is 21.0 Å². The van der Waals surface area contributed by atoms with Gasteiger partial charge in [0, 0.05) is 30.0 Å². The number of rotatable bonds is 7. The lowest BCUT2D eigenvalue weighted by Gasteiger charge is -2.01. The topological polar surface area (TPSA) is 89.1 Å². The van der Waals surface area contributed by atoms with Crippen molar-refractivity contribution in [3.8, 4) is 5.69 Å². The average Bonchev–Trinajstić information content (AvgIpc) is 3.19. The first-order valence-electron chi connectivity index (χ1n) is 11.8. The van der Waals surface area contributed by atoms with Gasteiger partial charge in [0.15, 0.2) is 0 Å². The summed E-state index contributed by atoms with van der Waals surface area (Å²) in [6, 6.07) is 19.6. The summed E-state index contributed by atoms with van der Waals surface area (Å²) < 4.78 is 1.56. The van der Waals surface area contributed by atoms with Crippen LogP contribution >= 0.6 is 0 Å². The molecular formula is C28H33N5O. The Kier molecular flexibility index (Phi) is 8.97. The second-order valence-electron chi connectivity index (χ2n) is 7.89. The lowest BCUT2D eigenvalue weighted by molar-refractivity contribution is 0.792. The maximum Gasteiger partial charge on any atom is 0.280 e. The monoisotopic (exact) mass is 455 g/mol. The molecule has 0 saturated heterocycles. The number of H-pyrrole nitrogens is 1. The molecule has 0 spiro atoms. The number of benzene rings is 2. The highest BCUT2D eigenvalue weighted by Crippen LogP contribution is 2.19. The van der Waals surface area contributed by atoms with Gasteiger partial charge in [-0.1, -0.05) is 63.6 Å². The van der Waals surface area contributed by atoms with Crippen molar-refractivity contribution in [1.29, 1.82) is 0 Å². The van der Waals surface area contributed by atoms with Crippen molar-refractivity contribution in [3.05, 3.63) is 106 Å². The summed E-state index contributed by atoms with van der Waals surface area (Å²) in [4.78, 5) is 21.5. The number of nitrogens with two attached hydrogens (primary N) is 1. The molecule has 0 fully saturated rings. The lowest BCUT2D eigenvalue weighted by Crippen LogP contribution is -2.17. The third kappa shape index (κ3) is 6.10. The van der Waals surface area contributed by atoms with E-state index in [9.17, 15) is 4.79 Å². The zero-order chi connectivity index (χ0) is 24.3. The Labute approximate surface area is 201 Å². The first-order valence-corrected chi connectivity index (χ1v) is 11.8. The molecule has 0 amide bonds. The van der Waals surface area contributed by atoms with Crippen LogP contribution in [0.4, 0.5) is 11.4 Å². The summed E-state index contributed by atoms with van der Waals surface area (Å²) >= 11 is 0. The van der Waals surface area contributed by atoms with Crippen molar-refractivity contribution in [2.45, 2.75) is 46.5 Å². The van der Waals surface area contributed by atoms with E-state index in [0.717, 1.165) is 48.4 Å². The van der Waals surface area contributed by atoms with E-state index in [4.69, 9.17) is 5.73 Å². The zero-order valence-electron chi connectivity index (χ0n) is 20.2. The smallest absolute Gasteiger partial charge is 0.280 e. The van der Waals surface area contributed by atoms with Crippen molar-refractivity contribution in [2.75, 3.05) is 5.73 Å². The van der Waals surface area contributed by atoms with E-state index in [2.05, 4.69) is 48.0 Å². The highest BCUT2D eigenvalue weighted by molar-refractivity contribution is 5.83. The largest absolute Gasteiger partial charge is 0.399 e. The molecule has 0 saturated carbocycles. The van der Waals surface area contributed by atoms with Gasteiger partial charge >= 0.3 is 0 Å². The number of hydrogen-bond donors (Lipinski definition) is 2. The van der Waals surface area contributed by atoms with Crippen LogP contribution in [0.3, 0.4) is 0 Å². The fraction of sp³-hybridized carbons (Fsp3) is 0.250. The van der Waals surface area contributed by atoms with Crippen molar-refractivity contribution in [2.24, 2.45) is 4.99 Å². The summed E-state index contributed by atoms with van der Waals surface area (Å²) in [6.07, 6.45) is 8.71. The highest BCUT2D eigenvalue weighted by atomic mass is 16.1. The summed E-state index contributed by atoms with van der Waals surface area (Å²) in [5, 5.41) is 3.22. The van der Waals surface area contributed by atoms with Crippen LogP contribution in [0, 0.1) is 0 Å². The Morgan fingerprint density at radius 3 is 2.21 bits per heavy atom. The molecule has 0 aliphatic rings. The molecule has 0 unspecified atom stereocenters. The first-order chi connectivity index (χ1) is 16.6. The Balaban J connectivity index is 0.000000302. The SMILES string of the molecule is CCCc1[nH]n(-c2ccncc2)c(=O)c1C=Nc1ccccc1CC.CCc1ccccc1N. The van der Waals surface area contributed by atoms with Crippen LogP contribution in [-0.2, 0) is 19.3 Å². The van der Waals surface area contributed by atoms with Crippen molar-refractivity contribution < 1.29 is 0 Å². The molecule has 176 valence electrons. The third-order valence-electron chi connectivity index (χ3n) is 5.57. The van der Waals surface area contributed by atoms with E-state index in [1.165, 1.54) is 11.1 Å². The van der Waals surface area contributed by atoms with Gasteiger partial charge in [-0.3, -0.25) is 19.9 Å². The van der Waals surface area contributed by atoms with Crippen molar-refractivity contribution in [3.63, 3.8) is 0 Å². The summed E-state index contributed by atoms with van der Waals surface area (Å²) in [7, 11) is 0. The molecule has 0 aliphatic carbocycles. The van der Waals surface area contributed by atoms with E-state index in [1.54, 1.807) is 35.4 Å². The number of nitrogens with zero attached hydrogens (tertiary/aromatic N) is 3. The van der Waals surface area contributed by atoms with Crippen LogP contribution in [0.25, 0.3) is 5.69 Å². The number of aromatic nitrogens is 3. The van der Waals surface area contributed by atoms with Crippen LogP contribution in [0.5, 0.6) is 0 Å². The molecule has 34 heavy (non-hydrogen) atoms. The minimum absolute atomic E-state index is 0.0904. The van der Waals surface area contributed by atoms with Crippen LogP contribution in [0.2, 0.25) is 0 Å². The van der Waals surface area contributed by atoms with Crippen LogP contribution in [0.1, 0.15) is 49.6 Å². The summed E-state index contributed by atoms with van der Waals surface area (Å²) in [6.45, 7) is 6.30. The van der Waals surface area contributed by atoms with Gasteiger partial charge in [0.1, 0.15) is 0 Å². The maximum atomic E-state index is 12.9. The number of pyridine rings is 1. The number of aliphatic imine (C=N–C) groups is 1. The molecule has 0 bridgehead atoms. The summed E-state index contributed by atoms with van der Waals surface area (Å²) in [5.74, 6) is 0. The first kappa shape index (κ1) is 24.7. The molecule has 2 aromatic carbocycles. The number of nitrogen functional groups attached to an aromatic ring is 1. The second-order valence-corrected chi connectivity index (χ2v) is 7.89. The van der Waals surface area contributed by atoms with Gasteiger partial charge < -0.3 is 5.73 Å². The highest BCUT2D eigenvalue weighted by Gasteiger charge is 2.13. The molecule has 3 N–H and O–H groups in total. The minimum Gasteiger partial charge on any atom is -0.399 e. The van der Waals surface area contributed by atoms with E-state index < -0.39 is 0 Å². The Morgan fingerprint density at radius 1 is 0.941 bits per heavy atom. The minimum atomic E-state index is -0.0904. The van der Waals surface area contributed by atoms with Gasteiger partial charge in [0.05, 0.1) is 16.9 Å². The van der Waals surface area contributed by atoms with Gasteiger partial charge in [-0.05, 0) is 54.7 Å². The number of hydrogen-bond acceptors (Lipinski definition) is 4. The molecule has 0 radical (unpaired) electrons. The predicted octanol–water partition coefficient (Wildman–Crippen LogP) is 5.66. The molecule has 0 atom stereocenters. The maximum absolute atomic E-state index is 12.9. The van der Waals surface area contributed by atoms with Gasteiger partial charge in [0.2, 0.25) is 0 Å². The number of nitrogens with one attached hydrogen (secondary N) is 1. The van der Waals surface area contributed by atoms with Gasteiger partial charge in [0.25, 0.3) is 5.56 Å². The van der Waals surface area contributed by atoms with Crippen molar-refractivity contribution in [1.82, 2.24) is 14.8 Å². The Morgan fingerprint density at radius 2 is 1.59 bits per heavy atom. The predicted molar refractivity (Wildman–Crippen MR) is 141 cm³/mol. The standard InChI is InChI=1S/C20H22N4O.C8H11N/c1-3-7-19-17(14-22-18-9-6-5-8-15(18)4-2)20(25)24(23-19)16-10-12-21-13-11-16;1-2-7-5-3-4-6-8(7)9/h5-6,8-14,23H,3-4,7H2,1-2H3;3-6H,2,9H2,1H3. The van der Waals surface area contributed by atoms with E-state index in [-0.39, 0.29) is 5.56 Å². The fourth-order valence-corrected chi connectivity index (χ4v) is 3.67. The normalized spacial score (nSPS) is 10.8. The van der Waals surface area contributed by atoms with Crippen LogP contribution < -0.4 is 11.3 Å². The van der Waals surface area contributed by atoms with E-state index >= 15 is 0 Å². The fourth-order valence-electron chi connectivity index (χ4n) is 3.67. The molecular weight excluding hydrogens is 422 g/mol. The lowest BCUT2D eigenvalue weighted by atomic mass is 10.1. The molecule has 4 aromatic rings. The third-order valence-corrected chi connectivity index (χ3v) is 5.57. The number of aromatic amines is 1. The quantitative estimate of drug-likeness (QED) is 0.278. The zero-order valence-corrected chi connectivity index (χ0v) is 20.2. The van der Waals surface area contributed by atoms with Gasteiger partial charge in [-0.2, -0.15) is 0 Å². The van der Waals surface area contributed by atoms with Gasteiger partial charge in [-0.25, -0.2) is 4.68 Å². The molecule has 6 heteroatoms. The van der Waals surface area contributed by atoms with Crippen molar-refractivity contribution >= 4 is 17.6 Å². The Bertz CT molecular complexity index is 1270. The molecule has 0 aliphatic heterocycles. The number of aryl methyl sites for hydroxylation is 3. The van der Waals surface area contributed by atoms with E-state index in [1.807, 2.05) is 36.4 Å². The summed E-state index contributed by atoms with van der Waals surface area (Å²) in [5.41, 5.74) is 12.0. The van der Waals surface area contributed by atoms with E-state index in [0.29, 0.717) is 5.56 Å². The molecule has 2 heterocycles. The van der Waals surface area contributed by atoms with Gasteiger partial charge in [-0.15, -0.1) is 0 Å². The van der Waals surface area contributed by atoms with Crippen LogP contribution in [0.15, 0.2) is 82.8 Å². The Hall–Kier alpha value is -3.93. The molecule has 4 rings (SSSR count). The molecule has 2 aromatic heterocycles. The molecule has 6 nitrogen and oxygen atoms in total. The average molecular weight is 456 g/mol. The number of para-hydroxylation sites is 2. The second kappa shape index (κ2) is 12.3. The number of anilines is 1.